The first-order valence-electron chi connectivity index (χ1n) is 5.28. The fourth-order valence-electron chi connectivity index (χ4n) is 1.37. The molecule has 1 aliphatic rings. The average molecular weight is 226 g/mol. The minimum absolute atomic E-state index is 0.241. The third-order valence-electron chi connectivity index (χ3n) is 2.45. The van der Waals surface area contributed by atoms with Crippen molar-refractivity contribution in [3.8, 4) is 0 Å². The monoisotopic (exact) mass is 226 g/mol. The Balaban J connectivity index is 2.39. The summed E-state index contributed by atoms with van der Waals surface area (Å²) < 4.78 is 5.53. The van der Waals surface area contributed by atoms with Gasteiger partial charge in [0.15, 0.2) is 0 Å². The molecule has 1 aliphatic heterocycles. The second-order valence-corrected chi connectivity index (χ2v) is 4.31. The maximum atomic E-state index is 11.3. The van der Waals surface area contributed by atoms with E-state index in [0.29, 0.717) is 19.7 Å². The Hall–Kier alpha value is -1.20. The van der Waals surface area contributed by atoms with Crippen LogP contribution < -0.4 is 5.32 Å². The van der Waals surface area contributed by atoms with Crippen LogP contribution >= 0.6 is 0 Å². The van der Waals surface area contributed by atoms with E-state index in [1.165, 1.54) is 17.1 Å². The molecule has 1 N–H and O–H groups in total. The van der Waals surface area contributed by atoms with Gasteiger partial charge in [-0.05, 0) is 27.3 Å². The summed E-state index contributed by atoms with van der Waals surface area (Å²) in [5, 5.41) is 2.89. The summed E-state index contributed by atoms with van der Waals surface area (Å²) in [5.74, 6) is -0.483. The lowest BCUT2D eigenvalue weighted by atomic mass is 10.1. The van der Waals surface area contributed by atoms with Gasteiger partial charge < -0.3 is 4.74 Å². The highest BCUT2D eigenvalue weighted by Gasteiger charge is 2.26. The Kier molecular flexibility index (Phi) is 4.20. The maximum Gasteiger partial charge on any atom is 0.253 e. The van der Waals surface area contributed by atoms with Gasteiger partial charge in [0.25, 0.3) is 11.8 Å². The Morgan fingerprint density at radius 2 is 1.88 bits per heavy atom. The number of amides is 2. The third-order valence-corrected chi connectivity index (χ3v) is 2.45. The molecule has 0 saturated carbocycles. The van der Waals surface area contributed by atoms with Gasteiger partial charge in [-0.2, -0.15) is 0 Å². The lowest BCUT2D eigenvalue weighted by molar-refractivity contribution is -0.137. The van der Waals surface area contributed by atoms with Crippen LogP contribution in [0.2, 0.25) is 0 Å². The van der Waals surface area contributed by atoms with E-state index < -0.39 is 0 Å². The number of imide groups is 1. The van der Waals surface area contributed by atoms with E-state index in [-0.39, 0.29) is 17.4 Å². The van der Waals surface area contributed by atoms with Gasteiger partial charge >= 0.3 is 0 Å². The molecule has 5 heteroatoms. The molecule has 16 heavy (non-hydrogen) atoms. The van der Waals surface area contributed by atoms with Gasteiger partial charge in [0, 0.05) is 18.7 Å². The molecule has 90 valence electrons. The Morgan fingerprint density at radius 3 is 2.38 bits per heavy atom. The van der Waals surface area contributed by atoms with Crippen LogP contribution in [0.4, 0.5) is 0 Å². The first kappa shape index (κ1) is 12.9. The Morgan fingerprint density at radius 1 is 1.31 bits per heavy atom. The van der Waals surface area contributed by atoms with Crippen LogP contribution in [-0.2, 0) is 14.3 Å². The summed E-state index contributed by atoms with van der Waals surface area (Å²) >= 11 is 0. The van der Waals surface area contributed by atoms with Crippen LogP contribution in [-0.4, -0.2) is 42.6 Å². The minimum Gasteiger partial charge on any atom is -0.360 e. The zero-order chi connectivity index (χ0) is 12.2. The summed E-state index contributed by atoms with van der Waals surface area (Å²) in [5.41, 5.74) is -0.355. The fourth-order valence-corrected chi connectivity index (χ4v) is 1.37. The van der Waals surface area contributed by atoms with Crippen LogP contribution in [0.25, 0.3) is 0 Å². The summed E-state index contributed by atoms with van der Waals surface area (Å²) in [6.45, 7) is 4.71. The van der Waals surface area contributed by atoms with Crippen molar-refractivity contribution in [2.24, 2.45) is 0 Å². The van der Waals surface area contributed by atoms with Crippen molar-refractivity contribution in [2.45, 2.75) is 25.9 Å². The summed E-state index contributed by atoms with van der Waals surface area (Å²) in [7, 11) is 1.80. The molecule has 1 rings (SSSR count). The van der Waals surface area contributed by atoms with Crippen LogP contribution in [0.5, 0.6) is 0 Å². The fraction of sp³-hybridized carbons (Fsp3) is 0.636. The highest BCUT2D eigenvalue weighted by Crippen LogP contribution is 2.16. The van der Waals surface area contributed by atoms with E-state index in [0.717, 1.165) is 0 Å². The molecule has 0 fully saturated rings. The predicted molar refractivity (Wildman–Crippen MR) is 59.6 cm³/mol. The lowest BCUT2D eigenvalue weighted by Gasteiger charge is -2.27. The SMILES string of the molecule is CNCOC(C)(C)CCN1C(=O)C=CC1=O. The van der Waals surface area contributed by atoms with Crippen LogP contribution in [0.15, 0.2) is 12.2 Å². The van der Waals surface area contributed by atoms with Crippen molar-refractivity contribution in [3.63, 3.8) is 0 Å². The van der Waals surface area contributed by atoms with Crippen molar-refractivity contribution in [1.82, 2.24) is 10.2 Å². The normalized spacial score (nSPS) is 16.3. The standard InChI is InChI=1S/C11H18N2O3/c1-11(2,16-8-12-3)6-7-13-9(14)4-5-10(13)15/h4-5,12H,6-8H2,1-3H3. The molecule has 0 radical (unpaired) electrons. The molecule has 0 aromatic heterocycles. The van der Waals surface area contributed by atoms with Crippen molar-refractivity contribution >= 4 is 11.8 Å². The maximum absolute atomic E-state index is 11.3. The molecule has 0 unspecified atom stereocenters. The first-order chi connectivity index (χ1) is 7.46. The Bertz CT molecular complexity index is 292. The van der Waals surface area contributed by atoms with Crippen molar-refractivity contribution in [2.75, 3.05) is 20.3 Å². The van der Waals surface area contributed by atoms with Gasteiger partial charge in [-0.15, -0.1) is 0 Å². The second-order valence-electron chi connectivity index (χ2n) is 4.31. The van der Waals surface area contributed by atoms with Gasteiger partial charge in [0.1, 0.15) is 0 Å². The molecule has 5 nitrogen and oxygen atoms in total. The molecule has 0 aliphatic carbocycles. The molecule has 0 aromatic carbocycles. The molecular weight excluding hydrogens is 208 g/mol. The molecular formula is C11H18N2O3. The van der Waals surface area contributed by atoms with Gasteiger partial charge in [-0.3, -0.25) is 19.8 Å². The number of nitrogens with zero attached hydrogens (tertiary/aromatic N) is 1. The van der Waals surface area contributed by atoms with E-state index in [9.17, 15) is 9.59 Å². The van der Waals surface area contributed by atoms with Gasteiger partial charge in [-0.25, -0.2) is 0 Å². The Labute approximate surface area is 95.4 Å². The van der Waals surface area contributed by atoms with E-state index in [4.69, 9.17) is 4.74 Å². The molecule has 0 bridgehead atoms. The molecule has 2 amide bonds. The number of rotatable bonds is 6. The highest BCUT2D eigenvalue weighted by atomic mass is 16.5. The van der Waals surface area contributed by atoms with Crippen LogP contribution in [0.1, 0.15) is 20.3 Å². The third kappa shape index (κ3) is 3.43. The number of nitrogens with one attached hydrogen (secondary N) is 1. The smallest absolute Gasteiger partial charge is 0.253 e. The first-order valence-corrected chi connectivity index (χ1v) is 5.28. The zero-order valence-electron chi connectivity index (χ0n) is 9.95. The number of carbonyl (C=O) groups excluding carboxylic acids is 2. The molecule has 0 aromatic rings. The molecule has 1 heterocycles. The molecule has 0 saturated heterocycles. The van der Waals surface area contributed by atoms with E-state index in [1.54, 1.807) is 7.05 Å². The van der Waals surface area contributed by atoms with Gasteiger partial charge in [0.2, 0.25) is 0 Å². The van der Waals surface area contributed by atoms with E-state index >= 15 is 0 Å². The van der Waals surface area contributed by atoms with Crippen LogP contribution in [0.3, 0.4) is 0 Å². The molecule has 0 spiro atoms. The summed E-state index contributed by atoms with van der Waals surface area (Å²) in [6, 6.07) is 0. The zero-order valence-corrected chi connectivity index (χ0v) is 9.95. The number of hydrogen-bond donors (Lipinski definition) is 1. The largest absolute Gasteiger partial charge is 0.360 e. The topological polar surface area (TPSA) is 58.6 Å². The van der Waals surface area contributed by atoms with E-state index in [2.05, 4.69) is 5.32 Å². The molecule has 0 atom stereocenters. The quantitative estimate of drug-likeness (QED) is 0.522. The summed E-state index contributed by atoms with van der Waals surface area (Å²) in [4.78, 5) is 23.8. The number of ether oxygens (including phenoxy) is 1. The van der Waals surface area contributed by atoms with Gasteiger partial charge in [-0.1, -0.05) is 0 Å². The van der Waals surface area contributed by atoms with Crippen molar-refractivity contribution in [1.29, 1.82) is 0 Å². The highest BCUT2D eigenvalue weighted by molar-refractivity contribution is 6.12. The van der Waals surface area contributed by atoms with Crippen LogP contribution in [0, 0.1) is 0 Å². The van der Waals surface area contributed by atoms with Crippen molar-refractivity contribution in [3.05, 3.63) is 12.2 Å². The average Bonchev–Trinajstić information content (AvgIpc) is 2.53. The van der Waals surface area contributed by atoms with Crippen molar-refractivity contribution < 1.29 is 14.3 Å². The predicted octanol–water partition coefficient (Wildman–Crippen LogP) is 0.274. The van der Waals surface area contributed by atoms with E-state index in [1.807, 2.05) is 13.8 Å². The minimum atomic E-state index is -0.355. The van der Waals surface area contributed by atoms with Gasteiger partial charge in [0.05, 0.1) is 12.3 Å². The number of hydrogen-bond acceptors (Lipinski definition) is 4. The summed E-state index contributed by atoms with van der Waals surface area (Å²) in [6.07, 6.45) is 3.21. The lowest BCUT2D eigenvalue weighted by Crippen LogP contribution is -2.37. The number of carbonyl (C=O) groups is 2. The second kappa shape index (κ2) is 5.23.